The molecular formula is C16H23IN2O2S. The van der Waals surface area contributed by atoms with E-state index in [0.717, 1.165) is 22.5 Å². The zero-order valence-corrected chi connectivity index (χ0v) is 16.9. The van der Waals surface area contributed by atoms with Crippen LogP contribution in [0, 0.1) is 6.92 Å². The highest BCUT2D eigenvalue weighted by molar-refractivity contribution is 14.2. The van der Waals surface area contributed by atoms with Crippen LogP contribution in [0.4, 0.5) is 16.2 Å². The summed E-state index contributed by atoms with van der Waals surface area (Å²) in [5, 5.41) is 0. The van der Waals surface area contributed by atoms with Crippen molar-refractivity contribution >= 4 is 53.9 Å². The second-order valence-corrected chi connectivity index (χ2v) is 7.87. The van der Waals surface area contributed by atoms with Crippen molar-refractivity contribution in [2.45, 2.75) is 33.3 Å². The van der Waals surface area contributed by atoms with Gasteiger partial charge in [0.25, 0.3) is 0 Å². The van der Waals surface area contributed by atoms with E-state index in [1.807, 2.05) is 57.3 Å². The van der Waals surface area contributed by atoms with Gasteiger partial charge in [0.2, 0.25) is 0 Å². The summed E-state index contributed by atoms with van der Waals surface area (Å²) in [6.07, 6.45) is 1.46. The van der Waals surface area contributed by atoms with Gasteiger partial charge in [0.1, 0.15) is 5.60 Å². The molecule has 0 heterocycles. The van der Waals surface area contributed by atoms with E-state index in [4.69, 9.17) is 4.74 Å². The van der Waals surface area contributed by atoms with Crippen molar-refractivity contribution in [3.05, 3.63) is 29.8 Å². The van der Waals surface area contributed by atoms with Crippen molar-refractivity contribution in [2.75, 3.05) is 23.3 Å². The van der Waals surface area contributed by atoms with Crippen LogP contribution in [0.5, 0.6) is 0 Å². The highest BCUT2D eigenvalue weighted by Crippen LogP contribution is 2.35. The first-order chi connectivity index (χ1) is 10.1. The Morgan fingerprint density at radius 3 is 2.36 bits per heavy atom. The van der Waals surface area contributed by atoms with Crippen LogP contribution >= 0.6 is 30.3 Å². The molecule has 0 bridgehead atoms. The Labute approximate surface area is 149 Å². The number of benzene rings is 1. The van der Waals surface area contributed by atoms with Crippen molar-refractivity contribution in [2.24, 2.45) is 0 Å². The summed E-state index contributed by atoms with van der Waals surface area (Å²) in [6.45, 7) is 11.4. The molecule has 0 N–H and O–H groups in total. The van der Waals surface area contributed by atoms with Crippen LogP contribution in [0.1, 0.15) is 31.9 Å². The summed E-state index contributed by atoms with van der Waals surface area (Å²) in [5.41, 5.74) is 3.35. The van der Waals surface area contributed by atoms with Gasteiger partial charge in [-0.25, -0.2) is 4.79 Å². The molecule has 1 amide bonds. The Bertz CT molecular complexity index is 570. The SMILES string of the molecule is C=Cc1cc(C)c(N(C)C(=O)OC(C)(C)C)cc1N(C)SI. The monoisotopic (exact) mass is 434 g/mol. The maximum atomic E-state index is 12.3. The van der Waals surface area contributed by atoms with E-state index in [1.54, 1.807) is 21.1 Å². The third kappa shape index (κ3) is 4.81. The second-order valence-electron chi connectivity index (χ2n) is 6.01. The molecule has 0 spiro atoms. The predicted octanol–water partition coefficient (Wildman–Crippen LogP) is 5.44. The minimum absolute atomic E-state index is 0.363. The van der Waals surface area contributed by atoms with Crippen molar-refractivity contribution in [1.29, 1.82) is 0 Å². The van der Waals surface area contributed by atoms with Crippen LogP contribution in [0.15, 0.2) is 18.7 Å². The summed E-state index contributed by atoms with van der Waals surface area (Å²) in [4.78, 5) is 13.8. The Morgan fingerprint density at radius 1 is 1.32 bits per heavy atom. The molecule has 1 aromatic carbocycles. The number of halogens is 1. The molecule has 4 nitrogen and oxygen atoms in total. The number of rotatable bonds is 4. The van der Waals surface area contributed by atoms with Crippen LogP contribution in [0.2, 0.25) is 0 Å². The van der Waals surface area contributed by atoms with Crippen LogP contribution in [0.3, 0.4) is 0 Å². The fourth-order valence-corrected chi connectivity index (χ4v) is 2.84. The number of hydrogen-bond donors (Lipinski definition) is 0. The summed E-state index contributed by atoms with van der Waals surface area (Å²) in [6, 6.07) is 4.02. The Morgan fingerprint density at radius 2 is 1.91 bits per heavy atom. The van der Waals surface area contributed by atoms with Gasteiger partial charge in [0, 0.05) is 44.4 Å². The van der Waals surface area contributed by atoms with Crippen LogP contribution < -0.4 is 9.21 Å². The third-order valence-electron chi connectivity index (χ3n) is 3.04. The number of aryl methyl sites for hydroxylation is 1. The lowest BCUT2D eigenvalue weighted by atomic mass is 10.1. The van der Waals surface area contributed by atoms with Gasteiger partial charge in [0.05, 0.1) is 11.4 Å². The maximum absolute atomic E-state index is 12.3. The number of nitrogens with zero attached hydrogens (tertiary/aromatic N) is 2. The molecule has 22 heavy (non-hydrogen) atoms. The molecule has 0 aliphatic heterocycles. The van der Waals surface area contributed by atoms with E-state index < -0.39 is 5.60 Å². The van der Waals surface area contributed by atoms with E-state index in [-0.39, 0.29) is 6.09 Å². The smallest absolute Gasteiger partial charge is 0.414 e. The standard InChI is InChI=1S/C16H23IN2O2S/c1-8-12-9-11(2)13(10-14(12)19(7)22-17)18(6)15(20)21-16(3,4)5/h8-10H,1H2,2-7H3. The normalized spacial score (nSPS) is 11.0. The van der Waals surface area contributed by atoms with Crippen molar-refractivity contribution in [3.8, 4) is 0 Å². The Kier molecular flexibility index (Phi) is 6.61. The van der Waals surface area contributed by atoms with Gasteiger partial charge in [-0.05, 0) is 51.0 Å². The Hall–Kier alpha value is -0.890. The number of hydrogen-bond acceptors (Lipinski definition) is 4. The summed E-state index contributed by atoms with van der Waals surface area (Å²) >= 11 is 2.22. The molecule has 0 aliphatic rings. The van der Waals surface area contributed by atoms with Gasteiger partial charge in [-0.2, -0.15) is 0 Å². The molecule has 0 radical (unpaired) electrons. The molecule has 1 rings (SSSR count). The first kappa shape index (κ1) is 19.2. The highest BCUT2D eigenvalue weighted by Gasteiger charge is 2.22. The molecule has 0 fully saturated rings. The molecule has 0 aliphatic carbocycles. The maximum Gasteiger partial charge on any atom is 0.414 e. The molecule has 122 valence electrons. The fourth-order valence-electron chi connectivity index (χ4n) is 1.97. The van der Waals surface area contributed by atoms with Gasteiger partial charge in [-0.15, -0.1) is 0 Å². The molecule has 0 atom stereocenters. The number of amides is 1. The quantitative estimate of drug-likeness (QED) is 0.467. The van der Waals surface area contributed by atoms with Gasteiger partial charge < -0.3 is 9.04 Å². The van der Waals surface area contributed by atoms with Gasteiger partial charge >= 0.3 is 6.09 Å². The molecule has 0 saturated heterocycles. The fraction of sp³-hybridized carbons (Fsp3) is 0.438. The topological polar surface area (TPSA) is 32.8 Å². The summed E-state index contributed by atoms with van der Waals surface area (Å²) < 4.78 is 7.47. The van der Waals surface area contributed by atoms with Gasteiger partial charge in [-0.3, -0.25) is 4.90 Å². The van der Waals surface area contributed by atoms with E-state index in [2.05, 4.69) is 27.8 Å². The average molecular weight is 434 g/mol. The average Bonchev–Trinajstić information content (AvgIpc) is 2.43. The largest absolute Gasteiger partial charge is 0.443 e. The second kappa shape index (κ2) is 7.59. The number of ether oxygens (including phenoxy) is 1. The zero-order valence-electron chi connectivity index (χ0n) is 13.9. The third-order valence-corrected chi connectivity index (χ3v) is 5.21. The predicted molar refractivity (Wildman–Crippen MR) is 106 cm³/mol. The molecule has 1 aromatic rings. The first-order valence-electron chi connectivity index (χ1n) is 6.87. The Balaban J connectivity index is 3.24. The first-order valence-corrected chi connectivity index (χ1v) is 10.2. The lowest BCUT2D eigenvalue weighted by molar-refractivity contribution is 0.0589. The number of carbonyl (C=O) groups is 1. The van der Waals surface area contributed by atoms with E-state index in [9.17, 15) is 4.79 Å². The van der Waals surface area contributed by atoms with E-state index >= 15 is 0 Å². The summed E-state index contributed by atoms with van der Waals surface area (Å²) in [7, 11) is 5.28. The van der Waals surface area contributed by atoms with Crippen molar-refractivity contribution < 1.29 is 9.53 Å². The number of carbonyl (C=O) groups excluding carboxylic acids is 1. The molecule has 0 saturated carbocycles. The molecule has 0 aromatic heterocycles. The number of anilines is 2. The van der Waals surface area contributed by atoms with Crippen LogP contribution in [-0.2, 0) is 4.74 Å². The van der Waals surface area contributed by atoms with Gasteiger partial charge in [0.15, 0.2) is 0 Å². The van der Waals surface area contributed by atoms with Crippen LogP contribution in [-0.4, -0.2) is 25.8 Å². The summed E-state index contributed by atoms with van der Waals surface area (Å²) in [5.74, 6) is 0. The van der Waals surface area contributed by atoms with Crippen LogP contribution in [0.25, 0.3) is 6.08 Å². The van der Waals surface area contributed by atoms with E-state index in [0.29, 0.717) is 0 Å². The zero-order chi connectivity index (χ0) is 17.1. The van der Waals surface area contributed by atoms with Crippen molar-refractivity contribution in [3.63, 3.8) is 0 Å². The van der Waals surface area contributed by atoms with Crippen molar-refractivity contribution in [1.82, 2.24) is 0 Å². The molecule has 0 unspecified atom stereocenters. The minimum atomic E-state index is -0.516. The highest BCUT2D eigenvalue weighted by atomic mass is 127. The van der Waals surface area contributed by atoms with Gasteiger partial charge in [-0.1, -0.05) is 12.7 Å². The van der Waals surface area contributed by atoms with E-state index in [1.165, 1.54) is 0 Å². The lowest BCUT2D eigenvalue weighted by Gasteiger charge is -2.27. The lowest BCUT2D eigenvalue weighted by Crippen LogP contribution is -2.34. The molecular weight excluding hydrogens is 411 g/mol. The molecule has 6 heteroatoms. The minimum Gasteiger partial charge on any atom is -0.443 e.